The smallest absolute Gasteiger partial charge is 0.238 e. The molecule has 1 aromatic heterocycles. The maximum Gasteiger partial charge on any atom is 0.238 e. The second kappa shape index (κ2) is 12.0. The van der Waals surface area contributed by atoms with Crippen LogP contribution < -0.4 is 10.6 Å². The van der Waals surface area contributed by atoms with Gasteiger partial charge in [0.2, 0.25) is 11.8 Å². The standard InChI is InChI=1S/C30H39N3O2S2/c1-5-25(36-22-13-9-12-21(17-22)32-27(34)19-10-7-6-8-11-19)28(35)33-29-24(18-31)23-15-14-20(30(2,3)4)16-26(23)37-29/h9,12-13,17,19-20,25H,5-8,10-11,14-16H2,1-4H3,(H,32,34)(H,33,35). The van der Waals surface area contributed by atoms with Crippen LogP contribution in [0.4, 0.5) is 10.7 Å². The Morgan fingerprint density at radius 1 is 1.16 bits per heavy atom. The summed E-state index contributed by atoms with van der Waals surface area (Å²) in [5.74, 6) is 0.708. The van der Waals surface area contributed by atoms with Crippen molar-refractivity contribution in [3.63, 3.8) is 0 Å². The molecule has 2 unspecified atom stereocenters. The molecule has 37 heavy (non-hydrogen) atoms. The molecule has 2 aliphatic carbocycles. The number of amides is 2. The number of anilines is 2. The number of nitrogens with one attached hydrogen (secondary N) is 2. The molecule has 0 spiro atoms. The number of carbonyl (C=O) groups excluding carboxylic acids is 2. The van der Waals surface area contributed by atoms with Crippen LogP contribution in [0.3, 0.4) is 0 Å². The number of hydrogen-bond acceptors (Lipinski definition) is 5. The lowest BCUT2D eigenvalue weighted by atomic mass is 9.72. The van der Waals surface area contributed by atoms with Gasteiger partial charge in [-0.15, -0.1) is 23.1 Å². The minimum absolute atomic E-state index is 0.0772. The third kappa shape index (κ3) is 6.78. The molecule has 2 amide bonds. The Labute approximate surface area is 229 Å². The second-order valence-corrected chi connectivity index (χ2v) is 13.9. The Kier molecular flexibility index (Phi) is 9.03. The predicted molar refractivity (Wildman–Crippen MR) is 154 cm³/mol. The molecule has 1 fully saturated rings. The van der Waals surface area contributed by atoms with Crippen molar-refractivity contribution in [3.8, 4) is 6.07 Å². The Bertz CT molecular complexity index is 1170. The first-order valence-corrected chi connectivity index (χ1v) is 15.3. The van der Waals surface area contributed by atoms with Crippen molar-refractivity contribution in [2.75, 3.05) is 10.6 Å². The third-order valence-electron chi connectivity index (χ3n) is 7.86. The van der Waals surface area contributed by atoms with Crippen molar-refractivity contribution in [1.29, 1.82) is 5.26 Å². The van der Waals surface area contributed by atoms with Crippen molar-refractivity contribution < 1.29 is 9.59 Å². The first kappa shape index (κ1) is 27.7. The summed E-state index contributed by atoms with van der Waals surface area (Å²) >= 11 is 3.08. The summed E-state index contributed by atoms with van der Waals surface area (Å²) < 4.78 is 0. The molecule has 0 radical (unpaired) electrons. The number of carbonyl (C=O) groups is 2. The Morgan fingerprint density at radius 3 is 2.59 bits per heavy atom. The molecule has 0 saturated heterocycles. The summed E-state index contributed by atoms with van der Waals surface area (Å²) in [5.41, 5.74) is 2.78. The van der Waals surface area contributed by atoms with E-state index in [-0.39, 0.29) is 28.4 Å². The summed E-state index contributed by atoms with van der Waals surface area (Å²) in [6, 6.07) is 10.1. The highest BCUT2D eigenvalue weighted by atomic mass is 32.2. The molecular formula is C30H39N3O2S2. The van der Waals surface area contributed by atoms with Gasteiger partial charge in [-0.2, -0.15) is 5.26 Å². The van der Waals surface area contributed by atoms with Crippen molar-refractivity contribution in [3.05, 3.63) is 40.3 Å². The minimum atomic E-state index is -0.294. The van der Waals surface area contributed by atoms with Crippen molar-refractivity contribution in [2.24, 2.45) is 17.3 Å². The fourth-order valence-corrected chi connectivity index (χ4v) is 7.76. The number of fused-ring (bicyclic) bond motifs is 1. The summed E-state index contributed by atoms with van der Waals surface area (Å²) in [6.07, 6.45) is 9.01. The number of rotatable bonds is 7. The van der Waals surface area contributed by atoms with E-state index in [1.807, 2.05) is 31.2 Å². The molecule has 2 aliphatic rings. The van der Waals surface area contributed by atoms with E-state index in [1.54, 1.807) is 11.3 Å². The van der Waals surface area contributed by atoms with Gasteiger partial charge in [-0.1, -0.05) is 53.0 Å². The van der Waals surface area contributed by atoms with Crippen LogP contribution in [-0.4, -0.2) is 17.1 Å². The largest absolute Gasteiger partial charge is 0.326 e. The summed E-state index contributed by atoms with van der Waals surface area (Å²) in [4.78, 5) is 28.2. The van der Waals surface area contributed by atoms with Crippen LogP contribution in [0.15, 0.2) is 29.2 Å². The lowest BCUT2D eigenvalue weighted by Crippen LogP contribution is -2.26. The third-order valence-corrected chi connectivity index (χ3v) is 10.4. The van der Waals surface area contributed by atoms with E-state index in [2.05, 4.69) is 37.5 Å². The van der Waals surface area contributed by atoms with Crippen LogP contribution in [0.2, 0.25) is 0 Å². The van der Waals surface area contributed by atoms with Crippen LogP contribution >= 0.6 is 23.1 Å². The second-order valence-electron chi connectivity index (χ2n) is 11.5. The van der Waals surface area contributed by atoms with Crippen LogP contribution in [0.1, 0.15) is 88.6 Å². The summed E-state index contributed by atoms with van der Waals surface area (Å²) in [5, 5.41) is 16.5. The fraction of sp³-hybridized carbons (Fsp3) is 0.567. The molecule has 4 rings (SSSR count). The molecule has 1 saturated carbocycles. The molecule has 0 bridgehead atoms. The number of thiophene rings is 1. The topological polar surface area (TPSA) is 82.0 Å². The van der Waals surface area contributed by atoms with Gasteiger partial charge in [0.1, 0.15) is 11.1 Å². The van der Waals surface area contributed by atoms with Gasteiger partial charge in [-0.25, -0.2) is 0 Å². The molecule has 0 aliphatic heterocycles. The van der Waals surface area contributed by atoms with E-state index >= 15 is 0 Å². The van der Waals surface area contributed by atoms with Crippen molar-refractivity contribution >= 4 is 45.6 Å². The average Bonchev–Trinajstić information content (AvgIpc) is 3.23. The number of benzene rings is 1. The van der Waals surface area contributed by atoms with Crippen LogP contribution in [-0.2, 0) is 22.4 Å². The first-order valence-electron chi connectivity index (χ1n) is 13.6. The highest BCUT2D eigenvalue weighted by Crippen LogP contribution is 2.44. The summed E-state index contributed by atoms with van der Waals surface area (Å²) in [6.45, 7) is 8.85. The Hall–Kier alpha value is -2.30. The zero-order chi connectivity index (χ0) is 26.6. The summed E-state index contributed by atoms with van der Waals surface area (Å²) in [7, 11) is 0. The quantitative estimate of drug-likeness (QED) is 0.353. The first-order chi connectivity index (χ1) is 17.7. The number of nitrogens with zero attached hydrogens (tertiary/aromatic N) is 1. The lowest BCUT2D eigenvalue weighted by Gasteiger charge is -2.33. The maximum atomic E-state index is 13.3. The van der Waals surface area contributed by atoms with Gasteiger partial charge in [0.15, 0.2) is 0 Å². The molecule has 7 heteroatoms. The molecular weight excluding hydrogens is 498 g/mol. The van der Waals surface area contributed by atoms with Gasteiger partial charge in [-0.05, 0) is 73.6 Å². The Balaban J connectivity index is 1.42. The molecule has 5 nitrogen and oxygen atoms in total. The minimum Gasteiger partial charge on any atom is -0.326 e. The van der Waals surface area contributed by atoms with Gasteiger partial charge in [0.05, 0.1) is 10.8 Å². The van der Waals surface area contributed by atoms with E-state index in [9.17, 15) is 14.9 Å². The van der Waals surface area contributed by atoms with Crippen LogP contribution in [0.25, 0.3) is 0 Å². The van der Waals surface area contributed by atoms with Gasteiger partial charge < -0.3 is 10.6 Å². The van der Waals surface area contributed by atoms with Gasteiger partial charge in [0.25, 0.3) is 0 Å². The van der Waals surface area contributed by atoms with Gasteiger partial charge in [-0.3, -0.25) is 9.59 Å². The zero-order valence-corrected chi connectivity index (χ0v) is 24.1. The van der Waals surface area contributed by atoms with E-state index in [1.165, 1.54) is 23.1 Å². The molecule has 1 heterocycles. The lowest BCUT2D eigenvalue weighted by molar-refractivity contribution is -0.120. The van der Waals surface area contributed by atoms with Gasteiger partial charge in [0, 0.05) is 21.4 Å². The highest BCUT2D eigenvalue weighted by molar-refractivity contribution is 8.00. The molecule has 2 atom stereocenters. The SMILES string of the molecule is CCC(Sc1cccc(NC(=O)C2CCCCC2)c1)C(=O)Nc1sc2c(c1C#N)CCC(C(C)(C)C)C2. The van der Waals surface area contributed by atoms with E-state index in [0.717, 1.165) is 61.1 Å². The van der Waals surface area contributed by atoms with Gasteiger partial charge >= 0.3 is 0 Å². The van der Waals surface area contributed by atoms with Crippen LogP contribution in [0.5, 0.6) is 0 Å². The zero-order valence-electron chi connectivity index (χ0n) is 22.5. The van der Waals surface area contributed by atoms with Crippen molar-refractivity contribution in [2.45, 2.75) is 95.6 Å². The average molecular weight is 538 g/mol. The number of hydrogen-bond donors (Lipinski definition) is 2. The number of thioether (sulfide) groups is 1. The molecule has 2 aromatic rings. The van der Waals surface area contributed by atoms with Crippen molar-refractivity contribution in [1.82, 2.24) is 0 Å². The maximum absolute atomic E-state index is 13.3. The number of nitriles is 1. The van der Waals surface area contributed by atoms with Crippen LogP contribution in [0, 0.1) is 28.6 Å². The highest BCUT2D eigenvalue weighted by Gasteiger charge is 2.33. The van der Waals surface area contributed by atoms with E-state index in [4.69, 9.17) is 0 Å². The van der Waals surface area contributed by atoms with E-state index in [0.29, 0.717) is 22.9 Å². The monoisotopic (exact) mass is 537 g/mol. The molecule has 1 aromatic carbocycles. The van der Waals surface area contributed by atoms with E-state index < -0.39 is 0 Å². The Morgan fingerprint density at radius 2 is 1.92 bits per heavy atom. The molecule has 198 valence electrons. The molecule has 2 N–H and O–H groups in total. The normalized spacial score (nSPS) is 18.9. The fourth-order valence-electron chi connectivity index (χ4n) is 5.47. The predicted octanol–water partition coefficient (Wildman–Crippen LogP) is 7.80.